The third-order valence-corrected chi connectivity index (χ3v) is 10.0. The van der Waals surface area contributed by atoms with Crippen LogP contribution in [0.4, 0.5) is 5.69 Å². The number of thioether (sulfide) groups is 1. The van der Waals surface area contributed by atoms with Gasteiger partial charge in [-0.1, -0.05) is 23.4 Å². The number of nitrogens with one attached hydrogen (secondary N) is 1. The third kappa shape index (κ3) is 3.81. The molecule has 0 spiro atoms. The first kappa shape index (κ1) is 20.1. The molecule has 0 bridgehead atoms. The van der Waals surface area contributed by atoms with E-state index in [-0.39, 0.29) is 10.1 Å². The number of amides is 1. The first-order chi connectivity index (χ1) is 13.4. The zero-order valence-electron chi connectivity index (χ0n) is 14.7. The minimum Gasteiger partial charge on any atom is -0.325 e. The van der Waals surface area contributed by atoms with E-state index in [1.54, 1.807) is 35.2 Å². The van der Waals surface area contributed by atoms with E-state index >= 15 is 0 Å². The molecule has 0 saturated carbocycles. The number of nitrogens with zero attached hydrogens (tertiary/aromatic N) is 2. The van der Waals surface area contributed by atoms with Crippen LogP contribution < -0.4 is 5.32 Å². The lowest BCUT2D eigenvalue weighted by Crippen LogP contribution is -2.42. The quantitative estimate of drug-likeness (QED) is 0.551. The van der Waals surface area contributed by atoms with Crippen LogP contribution in [-0.4, -0.2) is 42.5 Å². The molecule has 1 unspecified atom stereocenters. The van der Waals surface area contributed by atoms with Crippen molar-refractivity contribution in [3.63, 3.8) is 0 Å². The summed E-state index contributed by atoms with van der Waals surface area (Å²) in [6.45, 7) is 0.320. The van der Waals surface area contributed by atoms with Gasteiger partial charge in [0.25, 0.3) is 10.0 Å². The molecule has 1 amide bonds. The summed E-state index contributed by atoms with van der Waals surface area (Å²) in [4.78, 5) is 17.3. The standard InChI is InChI=1S/C17H16ClN3O3S4/c1-25-17-20-11-5-4-10(9-13(11)26-17)19-16(22)12-3-2-8-21(12)28(23,24)15-7-6-14(18)27-15/h4-7,9,12H,2-3,8H2,1H3,(H,19,22). The maximum absolute atomic E-state index is 12.9. The molecule has 1 saturated heterocycles. The highest BCUT2D eigenvalue weighted by Gasteiger charge is 2.40. The Balaban J connectivity index is 1.55. The summed E-state index contributed by atoms with van der Waals surface area (Å²) in [5.74, 6) is -0.322. The predicted octanol–water partition coefficient (Wildman–Crippen LogP) is 4.52. The van der Waals surface area contributed by atoms with Gasteiger partial charge in [0.05, 0.1) is 14.6 Å². The summed E-state index contributed by atoms with van der Waals surface area (Å²) in [6, 6.07) is 7.82. The number of benzene rings is 1. The van der Waals surface area contributed by atoms with E-state index in [0.717, 1.165) is 25.9 Å². The topological polar surface area (TPSA) is 79.4 Å². The Kier molecular flexibility index (Phi) is 5.69. The van der Waals surface area contributed by atoms with Crippen molar-refractivity contribution in [3.8, 4) is 0 Å². The smallest absolute Gasteiger partial charge is 0.253 e. The van der Waals surface area contributed by atoms with Crippen LogP contribution >= 0.6 is 46.0 Å². The maximum atomic E-state index is 12.9. The van der Waals surface area contributed by atoms with Crippen molar-refractivity contribution >= 4 is 77.9 Å². The molecule has 1 N–H and O–H groups in total. The van der Waals surface area contributed by atoms with Gasteiger partial charge >= 0.3 is 0 Å². The summed E-state index contributed by atoms with van der Waals surface area (Å²) < 4.78 is 29.6. The van der Waals surface area contributed by atoms with E-state index < -0.39 is 16.1 Å². The number of sulfonamides is 1. The van der Waals surface area contributed by atoms with Crippen LogP contribution in [0.2, 0.25) is 4.34 Å². The van der Waals surface area contributed by atoms with Crippen LogP contribution in [0.5, 0.6) is 0 Å². The largest absolute Gasteiger partial charge is 0.325 e. The Bertz CT molecular complexity index is 1140. The van der Waals surface area contributed by atoms with Gasteiger partial charge in [0, 0.05) is 12.2 Å². The molecule has 1 aliphatic heterocycles. The molecule has 2 aromatic heterocycles. The van der Waals surface area contributed by atoms with Crippen LogP contribution in [0, 0.1) is 0 Å². The maximum Gasteiger partial charge on any atom is 0.253 e. The van der Waals surface area contributed by atoms with Crippen molar-refractivity contribution in [2.45, 2.75) is 27.4 Å². The number of fused-ring (bicyclic) bond motifs is 1. The minimum atomic E-state index is -3.74. The predicted molar refractivity (Wildman–Crippen MR) is 116 cm³/mol. The number of aromatic nitrogens is 1. The number of halogens is 1. The van der Waals surface area contributed by atoms with E-state index in [0.29, 0.717) is 29.4 Å². The number of carbonyl (C=O) groups excluding carboxylic acids is 1. The molecule has 3 aromatic rings. The van der Waals surface area contributed by atoms with Crippen LogP contribution in [0.25, 0.3) is 10.2 Å². The van der Waals surface area contributed by atoms with Gasteiger partial charge in [0.1, 0.15) is 10.3 Å². The number of hydrogen-bond donors (Lipinski definition) is 1. The first-order valence-electron chi connectivity index (χ1n) is 8.41. The van der Waals surface area contributed by atoms with Gasteiger partial charge in [0.15, 0.2) is 4.34 Å². The van der Waals surface area contributed by atoms with Gasteiger partial charge in [-0.05, 0) is 49.4 Å². The highest BCUT2D eigenvalue weighted by atomic mass is 35.5. The number of rotatable bonds is 5. The zero-order chi connectivity index (χ0) is 19.9. The Hall–Kier alpha value is -1.17. The molecule has 1 fully saturated rings. The van der Waals surface area contributed by atoms with Crippen LogP contribution in [0.15, 0.2) is 38.9 Å². The molecule has 1 aliphatic rings. The lowest BCUT2D eigenvalue weighted by atomic mass is 10.2. The number of anilines is 1. The van der Waals surface area contributed by atoms with E-state index in [1.807, 2.05) is 18.4 Å². The van der Waals surface area contributed by atoms with Crippen molar-refractivity contribution < 1.29 is 13.2 Å². The fourth-order valence-electron chi connectivity index (χ4n) is 3.14. The van der Waals surface area contributed by atoms with Crippen LogP contribution in [-0.2, 0) is 14.8 Å². The van der Waals surface area contributed by atoms with E-state index in [1.165, 1.54) is 10.4 Å². The molecule has 4 rings (SSSR count). The van der Waals surface area contributed by atoms with Crippen LogP contribution in [0.3, 0.4) is 0 Å². The zero-order valence-corrected chi connectivity index (χ0v) is 18.7. The van der Waals surface area contributed by atoms with Crippen molar-refractivity contribution in [3.05, 3.63) is 34.7 Å². The van der Waals surface area contributed by atoms with Crippen molar-refractivity contribution in [1.29, 1.82) is 0 Å². The molecule has 148 valence electrons. The Morgan fingerprint density at radius 3 is 2.86 bits per heavy atom. The molecule has 3 heterocycles. The summed E-state index contributed by atoms with van der Waals surface area (Å²) >= 11 is 10.0. The molecule has 6 nitrogen and oxygen atoms in total. The highest BCUT2D eigenvalue weighted by Crippen LogP contribution is 2.33. The fourth-order valence-corrected chi connectivity index (χ4v) is 7.93. The molecule has 28 heavy (non-hydrogen) atoms. The van der Waals surface area contributed by atoms with Crippen molar-refractivity contribution in [1.82, 2.24) is 9.29 Å². The number of carbonyl (C=O) groups is 1. The monoisotopic (exact) mass is 473 g/mol. The Morgan fingerprint density at radius 1 is 1.32 bits per heavy atom. The van der Waals surface area contributed by atoms with E-state index in [2.05, 4.69) is 10.3 Å². The second-order valence-corrected chi connectivity index (χ2v) is 12.1. The Morgan fingerprint density at radius 2 is 2.14 bits per heavy atom. The number of hydrogen-bond acceptors (Lipinski definition) is 7. The number of thiazole rings is 1. The highest BCUT2D eigenvalue weighted by molar-refractivity contribution is 8.00. The normalized spacial score (nSPS) is 18.0. The number of thiophene rings is 1. The van der Waals surface area contributed by atoms with E-state index in [4.69, 9.17) is 11.6 Å². The average Bonchev–Trinajstić information content (AvgIpc) is 3.40. The van der Waals surface area contributed by atoms with Gasteiger partial charge in [-0.25, -0.2) is 13.4 Å². The van der Waals surface area contributed by atoms with E-state index in [9.17, 15) is 13.2 Å². The SMILES string of the molecule is CSc1nc2ccc(NC(=O)C3CCCN3S(=O)(=O)c3ccc(Cl)s3)cc2s1. The summed E-state index contributed by atoms with van der Waals surface area (Å²) in [5.41, 5.74) is 1.52. The lowest BCUT2D eigenvalue weighted by Gasteiger charge is -2.22. The Labute approximate surface area is 180 Å². The molecule has 0 aliphatic carbocycles. The van der Waals surface area contributed by atoms with Gasteiger partial charge in [-0.3, -0.25) is 4.79 Å². The average molecular weight is 474 g/mol. The van der Waals surface area contributed by atoms with Gasteiger partial charge in [0.2, 0.25) is 5.91 Å². The first-order valence-corrected chi connectivity index (χ1v) is 13.1. The van der Waals surface area contributed by atoms with Gasteiger partial charge < -0.3 is 5.32 Å². The third-order valence-electron chi connectivity index (χ3n) is 4.43. The van der Waals surface area contributed by atoms with Crippen molar-refractivity contribution in [2.24, 2.45) is 0 Å². The molecular weight excluding hydrogens is 458 g/mol. The second-order valence-electron chi connectivity index (χ2n) is 6.19. The lowest BCUT2D eigenvalue weighted by molar-refractivity contribution is -0.119. The summed E-state index contributed by atoms with van der Waals surface area (Å²) in [5, 5.41) is 2.87. The van der Waals surface area contributed by atoms with Crippen LogP contribution in [0.1, 0.15) is 12.8 Å². The summed E-state index contributed by atoms with van der Waals surface area (Å²) in [7, 11) is -3.74. The van der Waals surface area contributed by atoms with Gasteiger partial charge in [-0.15, -0.1) is 22.7 Å². The molecule has 0 radical (unpaired) electrons. The van der Waals surface area contributed by atoms with Gasteiger partial charge in [-0.2, -0.15) is 4.31 Å². The fraction of sp³-hybridized carbons (Fsp3) is 0.294. The molecule has 11 heteroatoms. The molecular formula is C17H16ClN3O3S4. The second kappa shape index (κ2) is 7.92. The molecule has 1 atom stereocenters. The van der Waals surface area contributed by atoms with Crippen molar-refractivity contribution in [2.75, 3.05) is 18.1 Å². The summed E-state index contributed by atoms with van der Waals surface area (Å²) in [6.07, 6.45) is 3.10. The molecule has 1 aromatic carbocycles. The minimum absolute atomic E-state index is 0.160.